The van der Waals surface area contributed by atoms with Gasteiger partial charge in [0.25, 0.3) is 0 Å². The average molecular weight is 239 g/mol. The molecule has 0 unspecified atom stereocenters. The molecule has 6 nitrogen and oxygen atoms in total. The molecule has 1 N–H and O–H groups in total. The lowest BCUT2D eigenvalue weighted by molar-refractivity contribution is 0.0593. The molecule has 0 saturated heterocycles. The Morgan fingerprint density at radius 3 is 2.76 bits per heavy atom. The van der Waals surface area contributed by atoms with E-state index in [1.54, 1.807) is 6.20 Å². The van der Waals surface area contributed by atoms with Gasteiger partial charge in [0.05, 0.1) is 26.1 Å². The summed E-state index contributed by atoms with van der Waals surface area (Å²) in [6.45, 7) is 4.41. The maximum Gasteiger partial charge on any atom is 0.358 e. The van der Waals surface area contributed by atoms with Gasteiger partial charge in [-0.1, -0.05) is 0 Å². The number of hydrogen-bond acceptors (Lipinski definition) is 6. The van der Waals surface area contributed by atoms with E-state index >= 15 is 0 Å². The van der Waals surface area contributed by atoms with Crippen LogP contribution in [0, 0.1) is 0 Å². The van der Waals surface area contributed by atoms with Crippen LogP contribution in [0.1, 0.15) is 24.3 Å². The lowest BCUT2D eigenvalue weighted by atomic mass is 10.3. The van der Waals surface area contributed by atoms with Gasteiger partial charge in [-0.3, -0.25) is 4.98 Å². The van der Waals surface area contributed by atoms with Crippen molar-refractivity contribution in [3.05, 3.63) is 18.1 Å². The summed E-state index contributed by atoms with van der Waals surface area (Å²) < 4.78 is 4.58. The number of aliphatic hydroxyl groups is 1. The molecule has 0 bridgehead atoms. The average Bonchev–Trinajstić information content (AvgIpc) is 2.34. The van der Waals surface area contributed by atoms with E-state index in [1.165, 1.54) is 13.3 Å². The monoisotopic (exact) mass is 239 g/mol. The number of rotatable bonds is 5. The summed E-state index contributed by atoms with van der Waals surface area (Å²) in [6.07, 6.45) is 2.91. The molecular weight excluding hydrogens is 222 g/mol. The fraction of sp³-hybridized carbons (Fsp3) is 0.545. The summed E-state index contributed by atoms with van der Waals surface area (Å²) >= 11 is 0. The van der Waals surface area contributed by atoms with E-state index in [-0.39, 0.29) is 18.3 Å². The van der Waals surface area contributed by atoms with Gasteiger partial charge in [0.2, 0.25) is 0 Å². The standard InChI is InChI=1S/C11H17N3O3/c1-8(2)14(4-5-15)10-7-12-6-9(13-10)11(16)17-3/h6-8,15H,4-5H2,1-3H3. The highest BCUT2D eigenvalue weighted by Crippen LogP contribution is 2.13. The minimum atomic E-state index is -0.521. The number of hydrogen-bond donors (Lipinski definition) is 1. The van der Waals surface area contributed by atoms with Crippen LogP contribution in [0.3, 0.4) is 0 Å². The molecule has 0 radical (unpaired) electrons. The molecule has 1 aromatic heterocycles. The van der Waals surface area contributed by atoms with Gasteiger partial charge in [0, 0.05) is 12.6 Å². The Balaban J connectivity index is 2.99. The highest BCUT2D eigenvalue weighted by molar-refractivity contribution is 5.87. The van der Waals surface area contributed by atoms with Crippen molar-refractivity contribution in [2.24, 2.45) is 0 Å². The van der Waals surface area contributed by atoms with Crippen LogP contribution in [-0.2, 0) is 4.74 Å². The van der Waals surface area contributed by atoms with Gasteiger partial charge >= 0.3 is 5.97 Å². The lowest BCUT2D eigenvalue weighted by Crippen LogP contribution is -2.34. The van der Waals surface area contributed by atoms with Gasteiger partial charge in [-0.15, -0.1) is 0 Å². The third kappa shape index (κ3) is 3.39. The van der Waals surface area contributed by atoms with Crippen LogP contribution in [0.4, 0.5) is 5.82 Å². The van der Waals surface area contributed by atoms with Crippen molar-refractivity contribution < 1.29 is 14.6 Å². The highest BCUT2D eigenvalue weighted by atomic mass is 16.5. The number of carbonyl (C=O) groups is 1. The van der Waals surface area contributed by atoms with Crippen LogP contribution in [-0.4, -0.2) is 47.3 Å². The minimum absolute atomic E-state index is 0.0162. The van der Waals surface area contributed by atoms with Gasteiger partial charge < -0.3 is 14.7 Å². The third-order valence-electron chi connectivity index (χ3n) is 2.27. The second kappa shape index (κ2) is 6.15. The Bertz CT molecular complexity index is 382. The first-order valence-electron chi connectivity index (χ1n) is 5.38. The largest absolute Gasteiger partial charge is 0.464 e. The lowest BCUT2D eigenvalue weighted by Gasteiger charge is -2.26. The number of aromatic nitrogens is 2. The van der Waals surface area contributed by atoms with Crippen LogP contribution in [0.2, 0.25) is 0 Å². The van der Waals surface area contributed by atoms with Gasteiger partial charge in [0.1, 0.15) is 5.82 Å². The van der Waals surface area contributed by atoms with Crippen LogP contribution >= 0.6 is 0 Å². The fourth-order valence-electron chi connectivity index (χ4n) is 1.44. The summed E-state index contributed by atoms with van der Waals surface area (Å²) in [6, 6.07) is 0.157. The molecule has 17 heavy (non-hydrogen) atoms. The minimum Gasteiger partial charge on any atom is -0.464 e. The summed E-state index contributed by atoms with van der Waals surface area (Å²) in [5, 5.41) is 8.99. The molecule has 0 atom stereocenters. The second-order valence-electron chi connectivity index (χ2n) is 3.76. The molecule has 1 heterocycles. The molecular formula is C11H17N3O3. The van der Waals surface area contributed by atoms with Crippen molar-refractivity contribution in [3.63, 3.8) is 0 Å². The molecule has 0 aliphatic heterocycles. The maximum atomic E-state index is 11.3. The Hall–Kier alpha value is -1.69. The first kappa shape index (κ1) is 13.4. The molecule has 0 aliphatic carbocycles. The van der Waals surface area contributed by atoms with Crippen molar-refractivity contribution in [1.29, 1.82) is 0 Å². The van der Waals surface area contributed by atoms with Crippen molar-refractivity contribution >= 4 is 11.8 Å². The zero-order valence-electron chi connectivity index (χ0n) is 10.3. The zero-order valence-corrected chi connectivity index (χ0v) is 10.3. The first-order valence-corrected chi connectivity index (χ1v) is 5.38. The molecule has 0 saturated carbocycles. The van der Waals surface area contributed by atoms with E-state index < -0.39 is 5.97 Å². The van der Waals surface area contributed by atoms with Crippen molar-refractivity contribution in [2.75, 3.05) is 25.2 Å². The number of nitrogens with zero attached hydrogens (tertiary/aromatic N) is 3. The molecule has 6 heteroatoms. The van der Waals surface area contributed by atoms with Gasteiger partial charge in [-0.2, -0.15) is 0 Å². The third-order valence-corrected chi connectivity index (χ3v) is 2.27. The molecule has 0 amide bonds. The molecule has 0 fully saturated rings. The Morgan fingerprint density at radius 2 is 2.24 bits per heavy atom. The molecule has 0 aromatic carbocycles. The predicted octanol–water partition coefficient (Wildman–Crippen LogP) is 0.470. The summed E-state index contributed by atoms with van der Waals surface area (Å²) in [5.41, 5.74) is 0.161. The summed E-state index contributed by atoms with van der Waals surface area (Å²) in [4.78, 5) is 21.3. The Morgan fingerprint density at radius 1 is 1.53 bits per heavy atom. The first-order chi connectivity index (χ1) is 8.10. The number of methoxy groups -OCH3 is 1. The quantitative estimate of drug-likeness (QED) is 0.753. The smallest absolute Gasteiger partial charge is 0.358 e. The Kier molecular flexibility index (Phi) is 4.84. The van der Waals surface area contributed by atoms with Crippen molar-refractivity contribution in [1.82, 2.24) is 9.97 Å². The van der Waals surface area contributed by atoms with E-state index in [0.29, 0.717) is 12.4 Å². The molecule has 0 aliphatic rings. The topological polar surface area (TPSA) is 75.5 Å². The second-order valence-corrected chi connectivity index (χ2v) is 3.76. The number of anilines is 1. The Labute approximate surface area is 100 Å². The summed E-state index contributed by atoms with van der Waals surface area (Å²) in [5.74, 6) is 0.0315. The van der Waals surface area contributed by atoms with Crippen LogP contribution in [0.5, 0.6) is 0 Å². The summed E-state index contributed by atoms with van der Waals surface area (Å²) in [7, 11) is 1.30. The van der Waals surface area contributed by atoms with Crippen molar-refractivity contribution in [2.45, 2.75) is 19.9 Å². The normalized spacial score (nSPS) is 10.4. The number of carbonyl (C=O) groups excluding carboxylic acids is 1. The zero-order chi connectivity index (χ0) is 12.8. The number of esters is 1. The SMILES string of the molecule is COC(=O)c1cncc(N(CCO)C(C)C)n1. The van der Waals surface area contributed by atoms with E-state index in [0.717, 1.165) is 0 Å². The van der Waals surface area contributed by atoms with Crippen LogP contribution < -0.4 is 4.90 Å². The predicted molar refractivity (Wildman–Crippen MR) is 62.9 cm³/mol. The number of aliphatic hydroxyl groups excluding tert-OH is 1. The van der Waals surface area contributed by atoms with E-state index in [4.69, 9.17) is 5.11 Å². The van der Waals surface area contributed by atoms with Crippen molar-refractivity contribution in [3.8, 4) is 0 Å². The molecule has 1 aromatic rings. The molecule has 94 valence electrons. The van der Waals surface area contributed by atoms with Crippen LogP contribution in [0.15, 0.2) is 12.4 Å². The van der Waals surface area contributed by atoms with Gasteiger partial charge in [0.15, 0.2) is 5.69 Å². The highest BCUT2D eigenvalue weighted by Gasteiger charge is 2.15. The fourth-order valence-corrected chi connectivity index (χ4v) is 1.44. The maximum absolute atomic E-state index is 11.3. The number of ether oxygens (including phenoxy) is 1. The van der Waals surface area contributed by atoms with E-state index in [9.17, 15) is 4.79 Å². The van der Waals surface area contributed by atoms with Gasteiger partial charge in [-0.25, -0.2) is 9.78 Å². The molecule has 0 spiro atoms. The van der Waals surface area contributed by atoms with E-state index in [2.05, 4.69) is 14.7 Å². The van der Waals surface area contributed by atoms with Gasteiger partial charge in [-0.05, 0) is 13.8 Å². The molecule has 1 rings (SSSR count). The van der Waals surface area contributed by atoms with Crippen LogP contribution in [0.25, 0.3) is 0 Å². The van der Waals surface area contributed by atoms with E-state index in [1.807, 2.05) is 18.7 Å².